The van der Waals surface area contributed by atoms with Gasteiger partial charge >= 0.3 is 5.69 Å². The zero-order chi connectivity index (χ0) is 14.3. The van der Waals surface area contributed by atoms with Crippen LogP contribution in [0.1, 0.15) is 57.9 Å². The molecule has 1 rings (SSSR count). The molecule has 5 nitrogen and oxygen atoms in total. The Morgan fingerprint density at radius 1 is 1.05 bits per heavy atom. The molecular weight excluding hydrogens is 244 g/mol. The van der Waals surface area contributed by atoms with Gasteiger partial charge in [0, 0.05) is 6.54 Å². The Morgan fingerprint density at radius 3 is 2.32 bits per heavy atom. The van der Waals surface area contributed by atoms with Gasteiger partial charge in [-0.05, 0) is 12.8 Å². The first-order valence-corrected chi connectivity index (χ1v) is 7.16. The Morgan fingerprint density at radius 2 is 1.68 bits per heavy atom. The van der Waals surface area contributed by atoms with Crippen LogP contribution < -0.4 is 11.2 Å². The Kier molecular flexibility index (Phi) is 6.39. The summed E-state index contributed by atoms with van der Waals surface area (Å²) in [5.41, 5.74) is -0.719. The van der Waals surface area contributed by atoms with Crippen LogP contribution in [-0.2, 0) is 13.0 Å². The van der Waals surface area contributed by atoms with E-state index in [2.05, 4.69) is 11.9 Å². The Balaban J connectivity index is 2.64. The minimum absolute atomic E-state index is 0.176. The van der Waals surface area contributed by atoms with E-state index < -0.39 is 11.2 Å². The van der Waals surface area contributed by atoms with E-state index in [9.17, 15) is 14.7 Å². The van der Waals surface area contributed by atoms with Crippen LogP contribution >= 0.6 is 0 Å². The summed E-state index contributed by atoms with van der Waals surface area (Å²) < 4.78 is 1.26. The van der Waals surface area contributed by atoms with Gasteiger partial charge in [0.25, 0.3) is 5.56 Å². The van der Waals surface area contributed by atoms with Crippen molar-refractivity contribution in [2.75, 3.05) is 0 Å². The molecule has 1 heterocycles. The second-order valence-corrected chi connectivity index (χ2v) is 4.83. The average molecular weight is 268 g/mol. The molecule has 0 fully saturated rings. The van der Waals surface area contributed by atoms with Gasteiger partial charge in [-0.25, -0.2) is 4.79 Å². The first kappa shape index (κ1) is 15.5. The molecule has 0 radical (unpaired) electrons. The van der Waals surface area contributed by atoms with E-state index in [1.54, 1.807) is 6.92 Å². The van der Waals surface area contributed by atoms with Gasteiger partial charge in [-0.1, -0.05) is 46.0 Å². The zero-order valence-corrected chi connectivity index (χ0v) is 11.9. The molecule has 0 saturated carbocycles. The number of nitrogens with one attached hydrogen (secondary N) is 1. The predicted octanol–water partition coefficient (Wildman–Crippen LogP) is 2.17. The number of hydrogen-bond donors (Lipinski definition) is 2. The minimum Gasteiger partial charge on any atom is -0.494 e. The van der Waals surface area contributed by atoms with Crippen LogP contribution in [0.4, 0.5) is 0 Å². The highest BCUT2D eigenvalue weighted by Gasteiger charge is 2.11. The Bertz CT molecular complexity index is 502. The van der Waals surface area contributed by atoms with Crippen molar-refractivity contribution >= 4 is 0 Å². The summed E-state index contributed by atoms with van der Waals surface area (Å²) in [5.74, 6) is -0.176. The number of aromatic amines is 1. The lowest BCUT2D eigenvalue weighted by Gasteiger charge is -2.10. The molecule has 0 aliphatic carbocycles. The first-order chi connectivity index (χ1) is 9.11. The lowest BCUT2D eigenvalue weighted by atomic mass is 10.1. The molecule has 2 N–H and O–H groups in total. The number of unbranched alkanes of at least 4 members (excludes halogenated alkanes) is 5. The number of rotatable bonds is 8. The van der Waals surface area contributed by atoms with Crippen LogP contribution in [-0.4, -0.2) is 14.7 Å². The van der Waals surface area contributed by atoms with Gasteiger partial charge in [-0.3, -0.25) is 14.3 Å². The third-order valence-electron chi connectivity index (χ3n) is 3.35. The monoisotopic (exact) mass is 268 g/mol. The van der Waals surface area contributed by atoms with Crippen LogP contribution in [0.5, 0.6) is 5.88 Å². The SMILES string of the molecule is CCCCCCCCn1c(O)c(CC)c(=O)[nH]c1=O. The fourth-order valence-corrected chi connectivity index (χ4v) is 2.18. The van der Waals surface area contributed by atoms with Crippen LogP contribution in [0.15, 0.2) is 9.59 Å². The summed E-state index contributed by atoms with van der Waals surface area (Å²) in [6.45, 7) is 4.41. The van der Waals surface area contributed by atoms with Crippen molar-refractivity contribution in [1.82, 2.24) is 9.55 Å². The maximum Gasteiger partial charge on any atom is 0.331 e. The van der Waals surface area contributed by atoms with E-state index in [1.807, 2.05) is 0 Å². The second kappa shape index (κ2) is 7.81. The lowest BCUT2D eigenvalue weighted by Crippen LogP contribution is -2.32. The second-order valence-electron chi connectivity index (χ2n) is 4.83. The third-order valence-corrected chi connectivity index (χ3v) is 3.35. The van der Waals surface area contributed by atoms with Crippen LogP contribution in [0, 0.1) is 0 Å². The molecule has 0 aliphatic heterocycles. The van der Waals surface area contributed by atoms with Gasteiger partial charge in [-0.15, -0.1) is 0 Å². The van der Waals surface area contributed by atoms with Crippen molar-refractivity contribution < 1.29 is 5.11 Å². The third kappa shape index (κ3) is 4.26. The van der Waals surface area contributed by atoms with Gasteiger partial charge in [0.05, 0.1) is 5.56 Å². The van der Waals surface area contributed by atoms with Crippen molar-refractivity contribution in [2.24, 2.45) is 0 Å². The summed E-state index contributed by atoms with van der Waals surface area (Å²) in [6, 6.07) is 0. The number of nitrogens with zero attached hydrogens (tertiary/aromatic N) is 1. The standard InChI is InChI=1S/C14H24N2O3/c1-3-5-6-7-8-9-10-16-13(18)11(4-2)12(17)15-14(16)19/h18H,3-10H2,1-2H3,(H,15,17,19). The number of H-pyrrole nitrogens is 1. The van der Waals surface area contributed by atoms with Crippen molar-refractivity contribution in [2.45, 2.75) is 65.3 Å². The highest BCUT2D eigenvalue weighted by atomic mass is 16.3. The zero-order valence-electron chi connectivity index (χ0n) is 11.9. The number of aromatic nitrogens is 2. The average Bonchev–Trinajstić information content (AvgIpc) is 2.37. The topological polar surface area (TPSA) is 75.1 Å². The number of aromatic hydroxyl groups is 1. The van der Waals surface area contributed by atoms with E-state index in [0.717, 1.165) is 19.3 Å². The number of hydrogen-bond acceptors (Lipinski definition) is 3. The van der Waals surface area contributed by atoms with Gasteiger partial charge in [0.2, 0.25) is 5.88 Å². The Labute approximate surface area is 113 Å². The summed E-state index contributed by atoms with van der Waals surface area (Å²) in [4.78, 5) is 25.4. The molecule has 0 amide bonds. The summed E-state index contributed by atoms with van der Waals surface area (Å²) in [6.07, 6.45) is 7.09. The van der Waals surface area contributed by atoms with Gasteiger partial charge in [0.1, 0.15) is 0 Å². The summed E-state index contributed by atoms with van der Waals surface area (Å²) >= 11 is 0. The quantitative estimate of drug-likeness (QED) is 0.709. The molecule has 0 spiro atoms. The smallest absolute Gasteiger partial charge is 0.331 e. The molecular formula is C14H24N2O3. The molecule has 1 aromatic rings. The van der Waals surface area contributed by atoms with E-state index >= 15 is 0 Å². The van der Waals surface area contributed by atoms with Crippen LogP contribution in [0.2, 0.25) is 0 Å². The molecule has 1 aromatic heterocycles. The molecule has 5 heteroatoms. The fraction of sp³-hybridized carbons (Fsp3) is 0.714. The van der Waals surface area contributed by atoms with Crippen LogP contribution in [0.3, 0.4) is 0 Å². The molecule has 108 valence electrons. The van der Waals surface area contributed by atoms with Gasteiger partial charge in [0.15, 0.2) is 0 Å². The van der Waals surface area contributed by atoms with E-state index in [4.69, 9.17) is 0 Å². The van der Waals surface area contributed by atoms with Crippen molar-refractivity contribution in [1.29, 1.82) is 0 Å². The predicted molar refractivity (Wildman–Crippen MR) is 75.7 cm³/mol. The van der Waals surface area contributed by atoms with Crippen LogP contribution in [0.25, 0.3) is 0 Å². The molecule has 0 aromatic carbocycles. The highest BCUT2D eigenvalue weighted by Crippen LogP contribution is 2.12. The molecule has 0 atom stereocenters. The van der Waals surface area contributed by atoms with Crippen molar-refractivity contribution in [3.63, 3.8) is 0 Å². The maximum absolute atomic E-state index is 11.6. The largest absolute Gasteiger partial charge is 0.494 e. The molecule has 0 unspecified atom stereocenters. The van der Waals surface area contributed by atoms with E-state index in [0.29, 0.717) is 13.0 Å². The summed E-state index contributed by atoms with van der Waals surface area (Å²) in [7, 11) is 0. The molecule has 0 bridgehead atoms. The van der Waals surface area contributed by atoms with E-state index in [-0.39, 0.29) is 11.4 Å². The Hall–Kier alpha value is -1.52. The molecule has 0 aliphatic rings. The first-order valence-electron chi connectivity index (χ1n) is 7.16. The minimum atomic E-state index is -0.520. The lowest BCUT2D eigenvalue weighted by molar-refractivity contribution is 0.386. The van der Waals surface area contributed by atoms with Crippen molar-refractivity contribution in [3.05, 3.63) is 26.4 Å². The van der Waals surface area contributed by atoms with Crippen molar-refractivity contribution in [3.8, 4) is 5.88 Å². The fourth-order valence-electron chi connectivity index (χ4n) is 2.18. The normalized spacial score (nSPS) is 10.8. The van der Waals surface area contributed by atoms with Gasteiger partial charge < -0.3 is 5.11 Å². The molecule has 0 saturated heterocycles. The van der Waals surface area contributed by atoms with Gasteiger partial charge in [-0.2, -0.15) is 0 Å². The van der Waals surface area contributed by atoms with E-state index in [1.165, 1.54) is 23.8 Å². The summed E-state index contributed by atoms with van der Waals surface area (Å²) in [5, 5.41) is 9.93. The maximum atomic E-state index is 11.6. The highest BCUT2D eigenvalue weighted by molar-refractivity contribution is 5.22. The molecule has 19 heavy (non-hydrogen) atoms.